The van der Waals surface area contributed by atoms with Crippen LogP contribution in [0, 0.1) is 17.8 Å². The van der Waals surface area contributed by atoms with Crippen LogP contribution in [0.15, 0.2) is 24.3 Å². The Bertz CT molecular complexity index is 958. The van der Waals surface area contributed by atoms with Crippen molar-refractivity contribution in [3.63, 3.8) is 0 Å². The second kappa shape index (κ2) is 9.82. The molecule has 0 aromatic rings. The predicted molar refractivity (Wildman–Crippen MR) is 141 cm³/mol. The molecule has 0 radical (unpaired) electrons. The summed E-state index contributed by atoms with van der Waals surface area (Å²) < 4.78 is 4.12. The van der Waals surface area contributed by atoms with Gasteiger partial charge in [0.25, 0.3) is 0 Å². The summed E-state index contributed by atoms with van der Waals surface area (Å²) in [4.78, 5) is 45.9. The highest BCUT2D eigenvalue weighted by Gasteiger charge is 2.74. The molecule has 0 aromatic carbocycles. The number of aliphatic hydroxyl groups excluding tert-OH is 1. The first-order valence-electron chi connectivity index (χ1n) is 13.4. The predicted octanol–water partition coefficient (Wildman–Crippen LogP) is 3.56. The van der Waals surface area contributed by atoms with E-state index >= 15 is 0 Å². The Morgan fingerprint density at radius 3 is 2.50 bits per heavy atom. The van der Waals surface area contributed by atoms with Gasteiger partial charge in [-0.3, -0.25) is 14.4 Å². The fraction of sp³-hybridized carbons (Fsp3) is 0.750. The average Bonchev–Trinajstić information content (AvgIpc) is 3.13. The zero-order chi connectivity index (χ0) is 26.5. The van der Waals surface area contributed by atoms with Gasteiger partial charge in [0, 0.05) is 16.8 Å². The third-order valence-corrected chi connectivity index (χ3v) is 10.4. The van der Waals surface area contributed by atoms with Gasteiger partial charge < -0.3 is 19.6 Å². The molecule has 200 valence electrons. The lowest BCUT2D eigenvalue weighted by Crippen LogP contribution is -2.60. The van der Waals surface area contributed by atoms with E-state index < -0.39 is 39.0 Å². The van der Waals surface area contributed by atoms with E-state index in [0.29, 0.717) is 13.2 Å². The Morgan fingerprint density at radius 2 is 1.86 bits per heavy atom. The summed E-state index contributed by atoms with van der Waals surface area (Å²) in [5.74, 6) is -2.18. The monoisotopic (exact) mass is 518 g/mol. The van der Waals surface area contributed by atoms with Crippen molar-refractivity contribution >= 4 is 29.5 Å². The van der Waals surface area contributed by atoms with Gasteiger partial charge in [-0.15, -0.1) is 11.8 Å². The Hall–Kier alpha value is -1.80. The molecule has 2 saturated heterocycles. The van der Waals surface area contributed by atoms with Gasteiger partial charge in [0.05, 0.1) is 35.8 Å². The fourth-order valence-corrected chi connectivity index (χ4v) is 8.65. The van der Waals surface area contributed by atoms with E-state index in [0.717, 1.165) is 25.7 Å². The number of aliphatic hydroxyl groups is 1. The molecule has 0 aromatic heterocycles. The van der Waals surface area contributed by atoms with Crippen LogP contribution in [0.25, 0.3) is 0 Å². The number of fused-ring (bicyclic) bond motifs is 2. The smallest absolute Gasteiger partial charge is 0.311 e. The summed E-state index contributed by atoms with van der Waals surface area (Å²) in [6.07, 6.45) is 11.6. The number of nitrogens with zero attached hydrogens (tertiary/aromatic N) is 2. The first-order chi connectivity index (χ1) is 16.9. The molecule has 4 aliphatic rings. The number of esters is 1. The topological polar surface area (TPSA) is 87.2 Å². The molecular weight excluding hydrogens is 476 g/mol. The number of likely N-dealkylation sites (tertiary alicyclic amines) is 1. The summed E-state index contributed by atoms with van der Waals surface area (Å²) in [6.45, 7) is 12.6. The number of rotatable bonds is 4. The van der Waals surface area contributed by atoms with Gasteiger partial charge in [-0.2, -0.15) is 0 Å². The second-order valence-corrected chi connectivity index (χ2v) is 13.8. The molecule has 2 fully saturated rings. The maximum Gasteiger partial charge on any atom is 0.311 e. The van der Waals surface area contributed by atoms with E-state index in [9.17, 15) is 19.5 Å². The van der Waals surface area contributed by atoms with Crippen molar-refractivity contribution < 1.29 is 24.2 Å². The van der Waals surface area contributed by atoms with Crippen LogP contribution in [0.5, 0.6) is 0 Å². The van der Waals surface area contributed by atoms with E-state index in [1.807, 2.05) is 58.6 Å². The molecule has 0 saturated carbocycles. The molecule has 4 rings (SSSR count). The van der Waals surface area contributed by atoms with Crippen LogP contribution in [-0.2, 0) is 19.1 Å². The normalized spacial score (nSPS) is 37.5. The summed E-state index contributed by atoms with van der Waals surface area (Å²) in [7, 11) is 0. The molecule has 0 aliphatic carbocycles. The van der Waals surface area contributed by atoms with E-state index in [-0.39, 0.29) is 30.3 Å². The summed E-state index contributed by atoms with van der Waals surface area (Å²) >= 11 is 1.56. The van der Waals surface area contributed by atoms with Crippen LogP contribution in [0.4, 0.5) is 0 Å². The molecule has 1 N–H and O–H groups in total. The highest BCUT2D eigenvalue weighted by molar-refractivity contribution is 8.02. The lowest BCUT2D eigenvalue weighted by atomic mass is 9.74. The Morgan fingerprint density at radius 1 is 1.14 bits per heavy atom. The first kappa shape index (κ1) is 27.2. The third kappa shape index (κ3) is 4.22. The van der Waals surface area contributed by atoms with E-state index in [1.54, 1.807) is 16.7 Å². The van der Waals surface area contributed by atoms with Crippen LogP contribution in [0.1, 0.15) is 67.2 Å². The van der Waals surface area contributed by atoms with Gasteiger partial charge in [0.15, 0.2) is 0 Å². The minimum Gasteiger partial charge on any atom is -0.465 e. The van der Waals surface area contributed by atoms with Crippen molar-refractivity contribution in [3.05, 3.63) is 24.3 Å². The maximum absolute atomic E-state index is 14.4. The molecule has 4 heterocycles. The van der Waals surface area contributed by atoms with Gasteiger partial charge in [0.1, 0.15) is 6.04 Å². The lowest BCUT2D eigenvalue weighted by molar-refractivity contribution is -0.155. The molecule has 7 atom stereocenters. The minimum absolute atomic E-state index is 0.00905. The Balaban J connectivity index is 1.93. The van der Waals surface area contributed by atoms with Crippen molar-refractivity contribution in [2.75, 3.05) is 19.8 Å². The molecule has 1 spiro atoms. The minimum atomic E-state index is -0.925. The molecule has 8 heteroatoms. The van der Waals surface area contributed by atoms with Crippen molar-refractivity contribution in [1.29, 1.82) is 0 Å². The molecule has 0 bridgehead atoms. The van der Waals surface area contributed by atoms with Crippen LogP contribution in [0.3, 0.4) is 0 Å². The number of carbonyl (C=O) groups is 3. The number of thioether (sulfide) groups is 1. The van der Waals surface area contributed by atoms with Gasteiger partial charge in [-0.05, 0) is 52.9 Å². The maximum atomic E-state index is 14.4. The number of cyclic esters (lactones) is 1. The summed E-state index contributed by atoms with van der Waals surface area (Å²) in [5, 5.41) is 10.5. The number of amides is 2. The van der Waals surface area contributed by atoms with E-state index in [4.69, 9.17) is 4.74 Å². The van der Waals surface area contributed by atoms with E-state index in [1.165, 1.54) is 0 Å². The van der Waals surface area contributed by atoms with Crippen molar-refractivity contribution in [1.82, 2.24) is 9.80 Å². The van der Waals surface area contributed by atoms with Crippen molar-refractivity contribution in [3.8, 4) is 0 Å². The van der Waals surface area contributed by atoms with Crippen molar-refractivity contribution in [2.24, 2.45) is 17.8 Å². The summed E-state index contributed by atoms with van der Waals surface area (Å²) in [5.41, 5.74) is -0.450. The Labute approximate surface area is 219 Å². The molecule has 7 nitrogen and oxygen atoms in total. The standard InChI is InChI=1S/C28H42N2O5S/c1-7-18(2)19(17-31)30-22-24(33)29(26(3,4)5)15-12-14-28(22)20(23(30)32)21-25(34)35-16-11-9-8-10-13-27(21,6)36-28/h10,12-14,18-22,31H,7-9,11,15-17H2,1-6H3/b13-10-/t18-,19-,20-,21-,22?,27+,28-/m0/s1. The first-order valence-corrected chi connectivity index (χ1v) is 14.2. The van der Waals surface area contributed by atoms with Gasteiger partial charge in [-0.1, -0.05) is 44.6 Å². The molecule has 1 unspecified atom stereocenters. The van der Waals surface area contributed by atoms with Crippen LogP contribution < -0.4 is 0 Å². The van der Waals surface area contributed by atoms with E-state index in [2.05, 4.69) is 12.2 Å². The van der Waals surface area contributed by atoms with Gasteiger partial charge in [0.2, 0.25) is 11.8 Å². The molecule has 36 heavy (non-hydrogen) atoms. The Kier molecular flexibility index (Phi) is 7.43. The molecule has 4 aliphatic heterocycles. The highest BCUT2D eigenvalue weighted by atomic mass is 32.2. The largest absolute Gasteiger partial charge is 0.465 e. The fourth-order valence-electron chi connectivity index (χ4n) is 6.51. The zero-order valence-corrected chi connectivity index (χ0v) is 23.3. The quantitative estimate of drug-likeness (QED) is 0.452. The second-order valence-electron chi connectivity index (χ2n) is 12.0. The lowest BCUT2D eigenvalue weighted by Gasteiger charge is -2.43. The number of ether oxygens (including phenoxy) is 1. The van der Waals surface area contributed by atoms with Crippen LogP contribution in [-0.4, -0.2) is 79.6 Å². The number of hydrogen-bond acceptors (Lipinski definition) is 6. The zero-order valence-electron chi connectivity index (χ0n) is 22.5. The number of hydrogen-bond donors (Lipinski definition) is 1. The van der Waals surface area contributed by atoms with Crippen molar-refractivity contribution in [2.45, 2.75) is 94.3 Å². The SMILES string of the molecule is CC[C@H](C)[C@H](CO)N1C(=O)[C@@H]2[C@H]3C(=O)OCCCC/C=C\[C@@]3(C)S[C@@]23C=CCN(C(C)(C)C)C(=O)C13. The molecular formula is C28H42N2O5S. The molecule has 2 amide bonds. The van der Waals surface area contributed by atoms with Gasteiger partial charge >= 0.3 is 5.97 Å². The highest BCUT2D eigenvalue weighted by Crippen LogP contribution is 2.65. The number of carbonyl (C=O) groups excluding carboxylic acids is 3. The van der Waals surface area contributed by atoms with Gasteiger partial charge in [-0.25, -0.2) is 0 Å². The number of allylic oxidation sites excluding steroid dienone is 1. The average molecular weight is 519 g/mol. The third-order valence-electron chi connectivity index (χ3n) is 8.59. The van der Waals surface area contributed by atoms with Crippen LogP contribution >= 0.6 is 11.8 Å². The summed E-state index contributed by atoms with van der Waals surface area (Å²) in [6, 6.07) is -1.31. The van der Waals surface area contributed by atoms with Crippen LogP contribution in [0.2, 0.25) is 0 Å².